The highest BCUT2D eigenvalue weighted by Gasteiger charge is 2.20. The third-order valence-corrected chi connectivity index (χ3v) is 5.29. The van der Waals surface area contributed by atoms with Gasteiger partial charge in [0.05, 0.1) is 5.39 Å². The van der Waals surface area contributed by atoms with Crippen LogP contribution >= 0.6 is 0 Å². The summed E-state index contributed by atoms with van der Waals surface area (Å²) in [5.41, 5.74) is 1.90. The first kappa shape index (κ1) is 16.7. The Bertz CT molecular complexity index is 1300. The fraction of sp³-hybridized carbons (Fsp3) is 0.227. The van der Waals surface area contributed by atoms with Crippen molar-refractivity contribution in [2.24, 2.45) is 7.05 Å². The van der Waals surface area contributed by atoms with E-state index in [1.54, 1.807) is 30.3 Å². The number of nitrogens with zero attached hydrogens (tertiary/aromatic N) is 2. The van der Waals surface area contributed by atoms with E-state index in [-0.39, 0.29) is 11.3 Å². The number of hydrogen-bond donors (Lipinski definition) is 0. The predicted octanol–water partition coefficient (Wildman–Crippen LogP) is 3.78. The number of furan rings is 1. The maximum absolute atomic E-state index is 12.8. The van der Waals surface area contributed by atoms with E-state index in [1.807, 2.05) is 12.1 Å². The standard InChI is InChI=1S/C22H18N2O4/c1-24-21(25)16-8-3-2-7-15(16)20(23-24)22(26)27-13-10-11-19-17(12-13)14-6-4-5-9-18(14)28-19/h2-3,7-8,10-12H,4-6,9H2,1H3. The van der Waals surface area contributed by atoms with Crippen molar-refractivity contribution >= 4 is 27.7 Å². The molecule has 0 fully saturated rings. The molecule has 6 nitrogen and oxygen atoms in total. The zero-order valence-corrected chi connectivity index (χ0v) is 15.4. The average Bonchev–Trinajstić information content (AvgIpc) is 3.09. The number of hydrogen-bond acceptors (Lipinski definition) is 5. The lowest BCUT2D eigenvalue weighted by molar-refractivity contribution is 0.0728. The van der Waals surface area contributed by atoms with Crippen LogP contribution in [0.2, 0.25) is 0 Å². The number of esters is 1. The molecule has 2 heterocycles. The minimum atomic E-state index is -0.594. The van der Waals surface area contributed by atoms with Crippen LogP contribution in [0.25, 0.3) is 21.7 Å². The fourth-order valence-electron chi connectivity index (χ4n) is 3.91. The first-order chi connectivity index (χ1) is 13.6. The van der Waals surface area contributed by atoms with E-state index in [1.165, 1.54) is 12.6 Å². The summed E-state index contributed by atoms with van der Waals surface area (Å²) in [5.74, 6) is 0.880. The summed E-state index contributed by atoms with van der Waals surface area (Å²) in [6.45, 7) is 0. The summed E-state index contributed by atoms with van der Waals surface area (Å²) in [4.78, 5) is 25.1. The molecule has 0 aliphatic heterocycles. The second kappa shape index (κ2) is 6.34. The minimum absolute atomic E-state index is 0.118. The van der Waals surface area contributed by atoms with Crippen LogP contribution in [0.1, 0.15) is 34.7 Å². The van der Waals surface area contributed by atoms with Gasteiger partial charge < -0.3 is 9.15 Å². The maximum atomic E-state index is 12.8. The molecule has 4 aromatic rings. The van der Waals surface area contributed by atoms with Gasteiger partial charge in [0.2, 0.25) is 0 Å². The van der Waals surface area contributed by atoms with Gasteiger partial charge in [-0.1, -0.05) is 18.2 Å². The first-order valence-electron chi connectivity index (χ1n) is 9.34. The Balaban J connectivity index is 1.55. The van der Waals surface area contributed by atoms with Gasteiger partial charge in [-0.25, -0.2) is 9.48 Å². The Morgan fingerprint density at radius 3 is 2.71 bits per heavy atom. The van der Waals surface area contributed by atoms with Crippen molar-refractivity contribution in [1.82, 2.24) is 9.78 Å². The SMILES string of the molecule is Cn1nc(C(=O)Oc2ccc3oc4c(c3c2)CCCC4)c2ccccc2c1=O. The highest BCUT2D eigenvalue weighted by molar-refractivity contribution is 6.03. The molecule has 0 saturated carbocycles. The molecule has 0 amide bonds. The van der Waals surface area contributed by atoms with Gasteiger partial charge in [-0.05, 0) is 43.5 Å². The van der Waals surface area contributed by atoms with Crippen molar-refractivity contribution in [2.75, 3.05) is 0 Å². The topological polar surface area (TPSA) is 74.3 Å². The van der Waals surface area contributed by atoms with Gasteiger partial charge >= 0.3 is 5.97 Å². The lowest BCUT2D eigenvalue weighted by Crippen LogP contribution is -2.24. The van der Waals surface area contributed by atoms with E-state index < -0.39 is 5.97 Å². The van der Waals surface area contributed by atoms with Crippen molar-refractivity contribution in [1.29, 1.82) is 0 Å². The molecule has 140 valence electrons. The Hall–Kier alpha value is -3.41. The Morgan fingerprint density at radius 2 is 1.86 bits per heavy atom. The van der Waals surface area contributed by atoms with E-state index in [2.05, 4.69) is 5.10 Å². The van der Waals surface area contributed by atoms with Gasteiger partial charge in [0.15, 0.2) is 5.69 Å². The number of carbonyl (C=O) groups excluding carboxylic acids is 1. The van der Waals surface area contributed by atoms with Crippen LogP contribution in [0, 0.1) is 0 Å². The number of rotatable bonds is 2. The number of aromatic nitrogens is 2. The Kier molecular flexibility index (Phi) is 3.79. The molecule has 2 aromatic carbocycles. The summed E-state index contributed by atoms with van der Waals surface area (Å²) in [6, 6.07) is 12.3. The Labute approximate surface area is 160 Å². The zero-order valence-electron chi connectivity index (χ0n) is 15.4. The van der Waals surface area contributed by atoms with Crippen molar-refractivity contribution < 1.29 is 13.9 Å². The lowest BCUT2D eigenvalue weighted by Gasteiger charge is -2.09. The molecule has 0 atom stereocenters. The third-order valence-electron chi connectivity index (χ3n) is 5.29. The monoisotopic (exact) mass is 374 g/mol. The number of fused-ring (bicyclic) bond motifs is 4. The number of carbonyl (C=O) groups is 1. The van der Waals surface area contributed by atoms with Gasteiger partial charge in [-0.3, -0.25) is 4.79 Å². The molecule has 0 spiro atoms. The number of benzene rings is 2. The Morgan fingerprint density at radius 1 is 1.07 bits per heavy atom. The van der Waals surface area contributed by atoms with Gasteiger partial charge in [0.25, 0.3) is 5.56 Å². The summed E-state index contributed by atoms with van der Waals surface area (Å²) in [7, 11) is 1.52. The molecule has 1 aliphatic carbocycles. The lowest BCUT2D eigenvalue weighted by atomic mass is 9.96. The summed E-state index contributed by atoms with van der Waals surface area (Å²) in [5, 5.41) is 6.05. The van der Waals surface area contributed by atoms with Gasteiger partial charge in [-0.2, -0.15) is 5.10 Å². The van der Waals surface area contributed by atoms with E-state index in [0.29, 0.717) is 16.5 Å². The van der Waals surface area contributed by atoms with Gasteiger partial charge in [0, 0.05) is 29.8 Å². The van der Waals surface area contributed by atoms with E-state index in [0.717, 1.165) is 47.1 Å². The molecular formula is C22H18N2O4. The molecule has 2 aromatic heterocycles. The molecule has 1 aliphatic rings. The molecule has 0 N–H and O–H groups in total. The molecule has 0 bridgehead atoms. The van der Waals surface area contributed by atoms with Crippen LogP contribution in [-0.2, 0) is 19.9 Å². The largest absolute Gasteiger partial charge is 0.461 e. The highest BCUT2D eigenvalue weighted by Crippen LogP contribution is 2.34. The molecule has 0 saturated heterocycles. The maximum Gasteiger partial charge on any atom is 0.364 e. The smallest absolute Gasteiger partial charge is 0.364 e. The average molecular weight is 374 g/mol. The van der Waals surface area contributed by atoms with Crippen molar-refractivity contribution in [3.63, 3.8) is 0 Å². The van der Waals surface area contributed by atoms with Crippen LogP contribution < -0.4 is 10.3 Å². The molecule has 0 unspecified atom stereocenters. The van der Waals surface area contributed by atoms with Crippen LogP contribution in [0.15, 0.2) is 51.7 Å². The summed E-state index contributed by atoms with van der Waals surface area (Å²) in [6.07, 6.45) is 4.21. The van der Waals surface area contributed by atoms with Crippen molar-refractivity contribution in [3.8, 4) is 5.75 Å². The van der Waals surface area contributed by atoms with Gasteiger partial charge in [0.1, 0.15) is 17.1 Å². The number of ether oxygens (including phenoxy) is 1. The van der Waals surface area contributed by atoms with Crippen molar-refractivity contribution in [3.05, 3.63) is 69.8 Å². The minimum Gasteiger partial charge on any atom is -0.461 e. The quantitative estimate of drug-likeness (QED) is 0.394. The zero-order chi connectivity index (χ0) is 19.3. The summed E-state index contributed by atoms with van der Waals surface area (Å²) < 4.78 is 12.7. The second-order valence-electron chi connectivity index (χ2n) is 7.08. The van der Waals surface area contributed by atoms with Crippen LogP contribution in [0.5, 0.6) is 5.75 Å². The van der Waals surface area contributed by atoms with E-state index in [4.69, 9.17) is 9.15 Å². The van der Waals surface area contributed by atoms with E-state index in [9.17, 15) is 9.59 Å². The third kappa shape index (κ3) is 2.60. The first-order valence-corrected chi connectivity index (χ1v) is 9.34. The molecule has 0 radical (unpaired) electrons. The molecule has 28 heavy (non-hydrogen) atoms. The fourth-order valence-corrected chi connectivity index (χ4v) is 3.91. The van der Waals surface area contributed by atoms with Gasteiger partial charge in [-0.15, -0.1) is 0 Å². The van der Waals surface area contributed by atoms with Crippen LogP contribution in [0.3, 0.4) is 0 Å². The second-order valence-corrected chi connectivity index (χ2v) is 7.08. The number of aryl methyl sites for hydroxylation is 3. The normalized spacial score (nSPS) is 13.6. The van der Waals surface area contributed by atoms with E-state index >= 15 is 0 Å². The molecule has 6 heteroatoms. The molecule has 5 rings (SSSR count). The van der Waals surface area contributed by atoms with Crippen LogP contribution in [0.4, 0.5) is 0 Å². The van der Waals surface area contributed by atoms with Crippen molar-refractivity contribution in [2.45, 2.75) is 25.7 Å². The molecular weight excluding hydrogens is 356 g/mol. The van der Waals surface area contributed by atoms with Crippen LogP contribution in [-0.4, -0.2) is 15.7 Å². The summed E-state index contributed by atoms with van der Waals surface area (Å²) >= 11 is 0. The predicted molar refractivity (Wildman–Crippen MR) is 105 cm³/mol. The highest BCUT2D eigenvalue weighted by atomic mass is 16.5.